The van der Waals surface area contributed by atoms with E-state index in [1.807, 2.05) is 0 Å². The fourth-order valence-electron chi connectivity index (χ4n) is 1.66. The number of thiocarbonyl (C=S) groups is 1. The maximum Gasteiger partial charge on any atom is 0.184 e. The van der Waals surface area contributed by atoms with Gasteiger partial charge in [0.15, 0.2) is 5.11 Å². The molecule has 3 N–H and O–H groups in total. The molecule has 0 aliphatic carbocycles. The van der Waals surface area contributed by atoms with E-state index < -0.39 is 0 Å². The Labute approximate surface area is 90.5 Å². The summed E-state index contributed by atoms with van der Waals surface area (Å²) in [5.74, 6) is 0.470. The number of nitrogens with two attached hydrogens (primary N) is 1. The molecule has 0 aromatic carbocycles. The molecular weight excluding hydrogens is 196 g/mol. The van der Waals surface area contributed by atoms with E-state index in [2.05, 4.69) is 36.3 Å². The normalized spacial score (nSPS) is 31.8. The van der Waals surface area contributed by atoms with E-state index in [1.54, 1.807) is 0 Å². The zero-order valence-corrected chi connectivity index (χ0v) is 9.77. The quantitative estimate of drug-likeness (QED) is 0.494. The topological polar surface area (TPSA) is 53.6 Å². The van der Waals surface area contributed by atoms with Crippen LogP contribution in [-0.2, 0) is 0 Å². The van der Waals surface area contributed by atoms with Crippen molar-refractivity contribution in [3.8, 4) is 0 Å². The van der Waals surface area contributed by atoms with Crippen molar-refractivity contribution in [3.63, 3.8) is 0 Å². The molecule has 1 aliphatic rings. The Hall–Kier alpha value is -0.680. The maximum absolute atomic E-state index is 5.32. The molecule has 0 saturated carbocycles. The summed E-state index contributed by atoms with van der Waals surface area (Å²) in [4.78, 5) is 2.34. The van der Waals surface area contributed by atoms with Crippen LogP contribution in [0, 0.1) is 5.92 Å². The van der Waals surface area contributed by atoms with Gasteiger partial charge in [-0.25, -0.2) is 0 Å². The molecule has 0 aromatic rings. The first-order valence-corrected chi connectivity index (χ1v) is 5.23. The number of likely N-dealkylation sites (tertiary alicyclic amines) is 1. The molecule has 0 radical (unpaired) electrons. The van der Waals surface area contributed by atoms with Gasteiger partial charge in [0.05, 0.1) is 0 Å². The highest BCUT2D eigenvalue weighted by molar-refractivity contribution is 7.80. The Morgan fingerprint density at radius 1 is 1.64 bits per heavy atom. The van der Waals surface area contributed by atoms with Crippen molar-refractivity contribution < 1.29 is 0 Å². The van der Waals surface area contributed by atoms with E-state index in [0.717, 1.165) is 18.7 Å². The van der Waals surface area contributed by atoms with Crippen LogP contribution >= 0.6 is 12.2 Å². The zero-order chi connectivity index (χ0) is 10.7. The minimum Gasteiger partial charge on any atom is -0.375 e. The first kappa shape index (κ1) is 11.4. The second kappa shape index (κ2) is 4.70. The molecular formula is C9H18N4S. The first-order chi connectivity index (χ1) is 6.50. The molecule has 14 heavy (non-hydrogen) atoms. The second-order valence-electron chi connectivity index (χ2n) is 3.97. The lowest BCUT2D eigenvalue weighted by molar-refractivity contribution is 0.225. The summed E-state index contributed by atoms with van der Waals surface area (Å²) >= 11 is 4.70. The molecule has 5 heteroatoms. The van der Waals surface area contributed by atoms with E-state index >= 15 is 0 Å². The molecule has 0 bridgehead atoms. The second-order valence-corrected chi connectivity index (χ2v) is 4.41. The number of hydrogen-bond acceptors (Lipinski definition) is 3. The van der Waals surface area contributed by atoms with Crippen molar-refractivity contribution in [2.45, 2.75) is 26.3 Å². The van der Waals surface area contributed by atoms with Crippen molar-refractivity contribution >= 4 is 23.0 Å². The Kier molecular flexibility index (Phi) is 3.83. The van der Waals surface area contributed by atoms with Gasteiger partial charge in [-0.3, -0.25) is 5.43 Å². The third-order valence-corrected chi connectivity index (χ3v) is 2.79. The van der Waals surface area contributed by atoms with Gasteiger partial charge in [-0.2, -0.15) is 5.10 Å². The van der Waals surface area contributed by atoms with E-state index in [0.29, 0.717) is 12.0 Å². The van der Waals surface area contributed by atoms with Crippen LogP contribution < -0.4 is 11.2 Å². The molecule has 4 nitrogen and oxygen atoms in total. The summed E-state index contributed by atoms with van der Waals surface area (Å²) in [6.45, 7) is 5.41. The number of nitrogens with zero attached hydrogens (tertiary/aromatic N) is 2. The van der Waals surface area contributed by atoms with Crippen LogP contribution in [-0.4, -0.2) is 35.4 Å². The SMILES string of the molecule is C[C@@H]1CN(C)[C@@H](C)CC1=NNC(N)=S. The average molecular weight is 214 g/mol. The minimum atomic E-state index is 0.233. The maximum atomic E-state index is 5.32. The highest BCUT2D eigenvalue weighted by atomic mass is 32.1. The lowest BCUT2D eigenvalue weighted by Crippen LogP contribution is -2.44. The number of nitrogens with one attached hydrogen (secondary N) is 1. The Balaban J connectivity index is 2.60. The third-order valence-electron chi connectivity index (χ3n) is 2.70. The van der Waals surface area contributed by atoms with Gasteiger partial charge in [0.2, 0.25) is 0 Å². The highest BCUT2D eigenvalue weighted by Gasteiger charge is 2.25. The standard InChI is InChI=1S/C9H18N4S/c1-6-5-13(3)7(2)4-8(6)11-12-9(10)14/h6-7H,4-5H2,1-3H3,(H3,10,12,14)/t6-,7+/m1/s1. The molecule has 0 unspecified atom stereocenters. The van der Waals surface area contributed by atoms with Crippen LogP contribution in [0.5, 0.6) is 0 Å². The monoisotopic (exact) mass is 214 g/mol. The Morgan fingerprint density at radius 3 is 2.86 bits per heavy atom. The van der Waals surface area contributed by atoms with E-state index in [4.69, 9.17) is 18.0 Å². The lowest BCUT2D eigenvalue weighted by Gasteiger charge is -2.34. The average Bonchev–Trinajstić information content (AvgIpc) is 2.09. The lowest BCUT2D eigenvalue weighted by atomic mass is 9.93. The summed E-state index contributed by atoms with van der Waals surface area (Å²) in [5, 5.41) is 4.46. The van der Waals surface area contributed by atoms with Crippen molar-refractivity contribution in [3.05, 3.63) is 0 Å². The van der Waals surface area contributed by atoms with Gasteiger partial charge in [0.25, 0.3) is 0 Å². The summed E-state index contributed by atoms with van der Waals surface area (Å²) in [6.07, 6.45) is 0.979. The van der Waals surface area contributed by atoms with Crippen LogP contribution in [0.3, 0.4) is 0 Å². The van der Waals surface area contributed by atoms with Gasteiger partial charge in [-0.15, -0.1) is 0 Å². The molecule has 0 spiro atoms. The van der Waals surface area contributed by atoms with E-state index in [1.165, 1.54) is 0 Å². The molecule has 0 amide bonds. The van der Waals surface area contributed by atoms with E-state index in [-0.39, 0.29) is 5.11 Å². The zero-order valence-electron chi connectivity index (χ0n) is 8.95. The molecule has 1 saturated heterocycles. The smallest absolute Gasteiger partial charge is 0.184 e. The van der Waals surface area contributed by atoms with Gasteiger partial charge < -0.3 is 10.6 Å². The van der Waals surface area contributed by atoms with Crippen LogP contribution in [0.1, 0.15) is 20.3 Å². The van der Waals surface area contributed by atoms with Crippen molar-refractivity contribution in [2.24, 2.45) is 16.8 Å². The van der Waals surface area contributed by atoms with Crippen LogP contribution in [0.15, 0.2) is 5.10 Å². The van der Waals surface area contributed by atoms with Crippen LogP contribution in [0.25, 0.3) is 0 Å². The number of hydrazone groups is 1. The fraction of sp³-hybridized carbons (Fsp3) is 0.778. The van der Waals surface area contributed by atoms with Crippen molar-refractivity contribution in [1.82, 2.24) is 10.3 Å². The highest BCUT2D eigenvalue weighted by Crippen LogP contribution is 2.17. The fourth-order valence-corrected chi connectivity index (χ4v) is 1.71. The van der Waals surface area contributed by atoms with Gasteiger partial charge >= 0.3 is 0 Å². The Bertz CT molecular complexity index is 251. The van der Waals surface area contributed by atoms with E-state index in [9.17, 15) is 0 Å². The van der Waals surface area contributed by atoms with Crippen molar-refractivity contribution in [1.29, 1.82) is 0 Å². The third kappa shape index (κ3) is 2.92. The minimum absolute atomic E-state index is 0.233. The first-order valence-electron chi connectivity index (χ1n) is 4.83. The molecule has 1 aliphatic heterocycles. The number of rotatable bonds is 1. The predicted octanol–water partition coefficient (Wildman–Crippen LogP) is 0.536. The molecule has 2 atom stereocenters. The number of hydrogen-bond donors (Lipinski definition) is 2. The summed E-state index contributed by atoms with van der Waals surface area (Å²) < 4.78 is 0. The molecule has 1 heterocycles. The summed E-state index contributed by atoms with van der Waals surface area (Å²) in [6, 6.07) is 0.540. The largest absolute Gasteiger partial charge is 0.375 e. The number of piperidine rings is 1. The van der Waals surface area contributed by atoms with Gasteiger partial charge in [-0.1, -0.05) is 6.92 Å². The van der Waals surface area contributed by atoms with Gasteiger partial charge in [0.1, 0.15) is 0 Å². The molecule has 1 fully saturated rings. The summed E-state index contributed by atoms with van der Waals surface area (Å²) in [5.41, 5.74) is 9.14. The van der Waals surface area contributed by atoms with Crippen molar-refractivity contribution in [2.75, 3.05) is 13.6 Å². The molecule has 0 aromatic heterocycles. The Morgan fingerprint density at radius 2 is 2.29 bits per heavy atom. The van der Waals surface area contributed by atoms with Crippen LogP contribution in [0.4, 0.5) is 0 Å². The summed E-state index contributed by atoms with van der Waals surface area (Å²) in [7, 11) is 2.14. The van der Waals surface area contributed by atoms with Gasteiger partial charge in [-0.05, 0) is 26.2 Å². The van der Waals surface area contributed by atoms with Gasteiger partial charge in [0, 0.05) is 30.6 Å². The predicted molar refractivity (Wildman–Crippen MR) is 63.2 cm³/mol. The molecule has 1 rings (SSSR count). The molecule has 80 valence electrons. The van der Waals surface area contributed by atoms with Crippen LogP contribution in [0.2, 0.25) is 0 Å².